The second-order valence-corrected chi connectivity index (χ2v) is 9.59. The molecule has 1 nitrogen and oxygen atoms in total. The van der Waals surface area contributed by atoms with Crippen molar-refractivity contribution in [3.63, 3.8) is 0 Å². The largest absolute Gasteiger partial charge is 0.429 e. The fourth-order valence-electron chi connectivity index (χ4n) is 5.01. The van der Waals surface area contributed by atoms with Crippen molar-refractivity contribution in [1.29, 1.82) is 0 Å². The van der Waals surface area contributed by atoms with Crippen molar-refractivity contribution in [2.24, 2.45) is 5.92 Å². The molecular weight excluding hydrogens is 509 g/mol. The van der Waals surface area contributed by atoms with Gasteiger partial charge in [-0.25, -0.2) is 22.0 Å². The summed E-state index contributed by atoms with van der Waals surface area (Å²) in [7, 11) is 0. The summed E-state index contributed by atoms with van der Waals surface area (Å²) >= 11 is 0. The van der Waals surface area contributed by atoms with Gasteiger partial charge < -0.3 is 4.74 Å². The van der Waals surface area contributed by atoms with Crippen molar-refractivity contribution in [3.05, 3.63) is 101 Å². The smallest absolute Gasteiger partial charge is 0.426 e. The molecule has 0 radical (unpaired) electrons. The molecule has 0 spiro atoms. The number of alkyl halides is 2. The third-order valence-corrected chi connectivity index (χ3v) is 7.11. The molecule has 1 saturated carbocycles. The Balaban J connectivity index is 1.47. The van der Waals surface area contributed by atoms with Gasteiger partial charge in [-0.2, -0.15) is 8.78 Å². The Morgan fingerprint density at radius 2 is 1.45 bits per heavy atom. The van der Waals surface area contributed by atoms with Crippen molar-refractivity contribution in [2.45, 2.75) is 57.5 Å². The van der Waals surface area contributed by atoms with Gasteiger partial charge in [0.05, 0.1) is 5.56 Å². The SMILES string of the molecule is C/C=C/CCC1CCC(c2ccc(-c3ccc(C(F)(F)Oc4cc(F)c(F)c(F)c4)cc3)c(F)c2F)CC1. The van der Waals surface area contributed by atoms with E-state index in [1.54, 1.807) is 6.07 Å². The Morgan fingerprint density at radius 3 is 2.05 bits per heavy atom. The number of hydrogen-bond acceptors (Lipinski definition) is 1. The summed E-state index contributed by atoms with van der Waals surface area (Å²) in [5, 5.41) is 0. The van der Waals surface area contributed by atoms with Gasteiger partial charge >= 0.3 is 6.11 Å². The summed E-state index contributed by atoms with van der Waals surface area (Å²) in [6.07, 6.45) is 5.71. The Morgan fingerprint density at radius 1 is 0.816 bits per heavy atom. The lowest BCUT2D eigenvalue weighted by molar-refractivity contribution is -0.185. The molecule has 0 amide bonds. The van der Waals surface area contributed by atoms with E-state index in [1.165, 1.54) is 18.2 Å². The molecule has 1 aliphatic rings. The molecule has 4 rings (SSSR count). The zero-order valence-corrected chi connectivity index (χ0v) is 20.7. The highest BCUT2D eigenvalue weighted by Crippen LogP contribution is 2.40. The molecule has 0 unspecified atom stereocenters. The second-order valence-electron chi connectivity index (χ2n) is 9.59. The quantitative estimate of drug-likeness (QED) is 0.158. The number of halogens is 7. The van der Waals surface area contributed by atoms with E-state index in [2.05, 4.69) is 10.8 Å². The summed E-state index contributed by atoms with van der Waals surface area (Å²) in [6.45, 7) is 1.98. The molecule has 0 heterocycles. The van der Waals surface area contributed by atoms with E-state index in [0.29, 0.717) is 23.6 Å². The van der Waals surface area contributed by atoms with E-state index < -0.39 is 46.5 Å². The van der Waals surface area contributed by atoms with Crippen LogP contribution in [0.1, 0.15) is 62.5 Å². The average molecular weight is 537 g/mol. The fraction of sp³-hybridized carbons (Fsp3) is 0.333. The Hall–Kier alpha value is -3.29. The van der Waals surface area contributed by atoms with E-state index in [1.807, 2.05) is 13.0 Å². The third-order valence-electron chi connectivity index (χ3n) is 7.11. The van der Waals surface area contributed by atoms with Crippen LogP contribution in [0.2, 0.25) is 0 Å². The van der Waals surface area contributed by atoms with Gasteiger partial charge in [-0.1, -0.05) is 36.4 Å². The highest BCUT2D eigenvalue weighted by Gasteiger charge is 2.35. The summed E-state index contributed by atoms with van der Waals surface area (Å²) < 4.78 is 103. The first-order valence-electron chi connectivity index (χ1n) is 12.5. The van der Waals surface area contributed by atoms with Gasteiger partial charge in [0.15, 0.2) is 29.1 Å². The number of ether oxygens (including phenoxy) is 1. The van der Waals surface area contributed by atoms with Gasteiger partial charge in [-0.15, -0.1) is 0 Å². The molecule has 1 fully saturated rings. The van der Waals surface area contributed by atoms with Crippen molar-refractivity contribution < 1.29 is 35.5 Å². The summed E-state index contributed by atoms with van der Waals surface area (Å²) in [4.78, 5) is 0. The molecule has 3 aromatic rings. The Labute approximate surface area is 217 Å². The van der Waals surface area contributed by atoms with Crippen LogP contribution in [0.5, 0.6) is 5.75 Å². The zero-order valence-electron chi connectivity index (χ0n) is 20.7. The molecule has 1 aliphatic carbocycles. The minimum Gasteiger partial charge on any atom is -0.429 e. The van der Waals surface area contributed by atoms with Crippen LogP contribution in [0.4, 0.5) is 30.7 Å². The highest BCUT2D eigenvalue weighted by atomic mass is 19.3. The summed E-state index contributed by atoms with van der Waals surface area (Å²) in [5.41, 5.74) is -0.285. The maximum Gasteiger partial charge on any atom is 0.426 e. The standard InChI is InChI=1S/C30H27F7O/c1-2-3-4-5-18-6-8-19(9-7-18)23-14-15-24(28(34)27(23)33)20-10-12-21(13-11-20)30(36,37)38-22-16-25(31)29(35)26(32)17-22/h2-3,10-19H,4-9H2,1H3/b3-2+. The maximum atomic E-state index is 15.1. The normalized spacial score (nSPS) is 18.2. The van der Waals surface area contributed by atoms with Crippen molar-refractivity contribution >= 4 is 0 Å². The lowest BCUT2D eigenvalue weighted by Gasteiger charge is -2.29. The van der Waals surface area contributed by atoms with Crippen LogP contribution >= 0.6 is 0 Å². The molecule has 38 heavy (non-hydrogen) atoms. The fourth-order valence-corrected chi connectivity index (χ4v) is 5.01. The van der Waals surface area contributed by atoms with Crippen LogP contribution in [0.3, 0.4) is 0 Å². The Bertz CT molecular complexity index is 1270. The van der Waals surface area contributed by atoms with Crippen LogP contribution in [-0.2, 0) is 6.11 Å². The third kappa shape index (κ3) is 6.05. The average Bonchev–Trinajstić information content (AvgIpc) is 2.89. The van der Waals surface area contributed by atoms with Gasteiger partial charge in [0.2, 0.25) is 0 Å². The highest BCUT2D eigenvalue weighted by molar-refractivity contribution is 5.65. The van der Waals surface area contributed by atoms with Gasteiger partial charge in [0.1, 0.15) is 5.75 Å². The summed E-state index contributed by atoms with van der Waals surface area (Å²) in [5.74, 6) is -7.55. The topological polar surface area (TPSA) is 9.23 Å². The molecule has 0 aromatic heterocycles. The van der Waals surface area contributed by atoms with E-state index >= 15 is 8.78 Å². The number of rotatable bonds is 8. The molecule has 8 heteroatoms. The van der Waals surface area contributed by atoms with Crippen molar-refractivity contribution in [1.82, 2.24) is 0 Å². The van der Waals surface area contributed by atoms with Crippen LogP contribution < -0.4 is 4.74 Å². The first-order chi connectivity index (χ1) is 18.1. The minimum atomic E-state index is -4.03. The molecule has 0 aliphatic heterocycles. The van der Waals surface area contributed by atoms with Crippen molar-refractivity contribution in [3.8, 4) is 16.9 Å². The molecule has 202 valence electrons. The van der Waals surface area contributed by atoms with E-state index in [0.717, 1.165) is 50.7 Å². The molecule has 3 aromatic carbocycles. The van der Waals surface area contributed by atoms with Crippen LogP contribution in [0, 0.1) is 35.0 Å². The van der Waals surface area contributed by atoms with E-state index in [4.69, 9.17) is 0 Å². The summed E-state index contributed by atoms with van der Waals surface area (Å²) in [6, 6.07) is 7.82. The first-order valence-corrected chi connectivity index (χ1v) is 12.5. The lowest BCUT2D eigenvalue weighted by atomic mass is 9.77. The van der Waals surface area contributed by atoms with Crippen LogP contribution in [0.25, 0.3) is 11.1 Å². The van der Waals surface area contributed by atoms with E-state index in [9.17, 15) is 22.0 Å². The monoisotopic (exact) mass is 536 g/mol. The maximum absolute atomic E-state index is 15.1. The minimum absolute atomic E-state index is 0.0733. The molecular formula is C30H27F7O. The van der Waals surface area contributed by atoms with E-state index in [-0.39, 0.29) is 17.0 Å². The molecule has 0 saturated heterocycles. The first kappa shape index (κ1) is 27.7. The lowest BCUT2D eigenvalue weighted by Crippen LogP contribution is -2.22. The van der Waals surface area contributed by atoms with Crippen LogP contribution in [-0.4, -0.2) is 0 Å². The van der Waals surface area contributed by atoms with Crippen LogP contribution in [0.15, 0.2) is 60.7 Å². The molecule has 0 bridgehead atoms. The molecule has 0 atom stereocenters. The predicted molar refractivity (Wildman–Crippen MR) is 131 cm³/mol. The van der Waals surface area contributed by atoms with Gasteiger partial charge in [-0.3, -0.25) is 0 Å². The zero-order chi connectivity index (χ0) is 27.4. The van der Waals surface area contributed by atoms with Gasteiger partial charge in [0.25, 0.3) is 0 Å². The van der Waals surface area contributed by atoms with Crippen molar-refractivity contribution in [2.75, 3.05) is 0 Å². The number of hydrogen-bond donors (Lipinski definition) is 0. The van der Waals surface area contributed by atoms with Gasteiger partial charge in [-0.05, 0) is 80.5 Å². The molecule has 0 N–H and O–H groups in total. The number of benzene rings is 3. The Kier molecular flexibility index (Phi) is 8.48. The number of allylic oxidation sites excluding steroid dienone is 2. The van der Waals surface area contributed by atoms with Gasteiger partial charge in [0, 0.05) is 17.7 Å². The predicted octanol–water partition coefficient (Wildman–Crippen LogP) is 9.81. The second kappa shape index (κ2) is 11.6.